The van der Waals surface area contributed by atoms with Crippen LogP contribution in [-0.2, 0) is 4.74 Å². The molecule has 1 saturated heterocycles. The maximum atomic E-state index is 13.5. The Labute approximate surface area is 153 Å². The number of thiazole rings is 1. The van der Waals surface area contributed by atoms with Crippen LogP contribution in [0.3, 0.4) is 0 Å². The van der Waals surface area contributed by atoms with E-state index < -0.39 is 0 Å². The fourth-order valence-electron chi connectivity index (χ4n) is 2.81. The molecule has 3 heterocycles. The Morgan fingerprint density at radius 2 is 2.15 bits per heavy atom. The predicted molar refractivity (Wildman–Crippen MR) is 95.0 cm³/mol. The molecule has 3 aromatic rings. The normalized spacial score (nSPS) is 15.4. The Morgan fingerprint density at radius 3 is 2.92 bits per heavy atom. The van der Waals surface area contributed by atoms with Crippen LogP contribution in [0, 0.1) is 5.82 Å². The fourth-order valence-corrected chi connectivity index (χ4v) is 3.83. The minimum absolute atomic E-state index is 0.150. The van der Waals surface area contributed by atoms with Gasteiger partial charge in [0.2, 0.25) is 5.76 Å². The molecule has 4 rings (SSSR count). The van der Waals surface area contributed by atoms with E-state index in [0.29, 0.717) is 41.7 Å². The Bertz CT molecular complexity index is 893. The van der Waals surface area contributed by atoms with Gasteiger partial charge in [-0.15, -0.1) is 0 Å². The van der Waals surface area contributed by atoms with E-state index in [2.05, 4.69) is 15.0 Å². The van der Waals surface area contributed by atoms with Gasteiger partial charge in [0.15, 0.2) is 5.13 Å². The first-order valence-electron chi connectivity index (χ1n) is 8.29. The molecule has 0 bridgehead atoms. The maximum absolute atomic E-state index is 13.5. The third-order valence-corrected chi connectivity index (χ3v) is 5.25. The standard InChI is InChI=1S/C17H17FN4O3S/c18-12-1-2-13-15(11-12)26-17(20-13)22(16(23)14-3-4-19-25-14)6-5-21-7-9-24-10-8-21/h1-4,11H,5-10H2. The van der Waals surface area contributed by atoms with Crippen molar-refractivity contribution in [2.24, 2.45) is 0 Å². The number of nitrogens with zero attached hydrogens (tertiary/aromatic N) is 4. The van der Waals surface area contributed by atoms with Crippen LogP contribution in [0.25, 0.3) is 10.2 Å². The third kappa shape index (κ3) is 3.59. The van der Waals surface area contributed by atoms with E-state index in [1.165, 1.54) is 35.7 Å². The van der Waals surface area contributed by atoms with Crippen LogP contribution in [-0.4, -0.2) is 60.3 Å². The Balaban J connectivity index is 1.60. The van der Waals surface area contributed by atoms with Gasteiger partial charge in [-0.2, -0.15) is 0 Å². The molecule has 1 aromatic carbocycles. The Morgan fingerprint density at radius 1 is 1.31 bits per heavy atom. The van der Waals surface area contributed by atoms with Crippen LogP contribution in [0.15, 0.2) is 35.0 Å². The second-order valence-corrected chi connectivity index (χ2v) is 6.91. The minimum atomic E-state index is -0.325. The van der Waals surface area contributed by atoms with Crippen molar-refractivity contribution in [2.45, 2.75) is 0 Å². The van der Waals surface area contributed by atoms with E-state index in [9.17, 15) is 9.18 Å². The zero-order chi connectivity index (χ0) is 17.9. The van der Waals surface area contributed by atoms with Crippen molar-refractivity contribution in [1.29, 1.82) is 0 Å². The molecule has 1 aliphatic rings. The summed E-state index contributed by atoms with van der Waals surface area (Å²) in [6.45, 7) is 4.17. The lowest BCUT2D eigenvalue weighted by atomic mass is 10.3. The van der Waals surface area contributed by atoms with E-state index in [-0.39, 0.29) is 17.5 Å². The average Bonchev–Trinajstić information content (AvgIpc) is 3.32. The van der Waals surface area contributed by atoms with Gasteiger partial charge in [0.05, 0.1) is 29.6 Å². The number of halogens is 1. The molecule has 9 heteroatoms. The monoisotopic (exact) mass is 376 g/mol. The largest absolute Gasteiger partial charge is 0.379 e. The smallest absolute Gasteiger partial charge is 0.298 e. The van der Waals surface area contributed by atoms with Crippen LogP contribution in [0.2, 0.25) is 0 Å². The molecule has 0 N–H and O–H groups in total. The lowest BCUT2D eigenvalue weighted by Crippen LogP contribution is -2.43. The molecule has 0 saturated carbocycles. The number of anilines is 1. The molecule has 26 heavy (non-hydrogen) atoms. The number of carbonyl (C=O) groups is 1. The number of ether oxygens (including phenoxy) is 1. The summed E-state index contributed by atoms with van der Waals surface area (Å²) < 4.78 is 24.6. The van der Waals surface area contributed by atoms with Crippen molar-refractivity contribution >= 4 is 32.6 Å². The molecule has 7 nitrogen and oxygen atoms in total. The van der Waals surface area contributed by atoms with Gasteiger partial charge in [-0.25, -0.2) is 9.37 Å². The molecule has 136 valence electrons. The van der Waals surface area contributed by atoms with Gasteiger partial charge in [0.25, 0.3) is 5.91 Å². The van der Waals surface area contributed by atoms with Gasteiger partial charge in [0, 0.05) is 32.2 Å². The molecular weight excluding hydrogens is 359 g/mol. The molecular formula is C17H17FN4O3S. The Kier molecular flexibility index (Phi) is 4.91. The highest BCUT2D eigenvalue weighted by Crippen LogP contribution is 2.30. The highest BCUT2D eigenvalue weighted by Gasteiger charge is 2.25. The Hall–Kier alpha value is -2.36. The van der Waals surface area contributed by atoms with Crippen LogP contribution >= 0.6 is 11.3 Å². The third-order valence-electron chi connectivity index (χ3n) is 4.21. The van der Waals surface area contributed by atoms with Crippen molar-refractivity contribution in [3.8, 4) is 0 Å². The molecule has 0 aliphatic carbocycles. The van der Waals surface area contributed by atoms with Crippen molar-refractivity contribution in [1.82, 2.24) is 15.0 Å². The molecule has 1 amide bonds. The predicted octanol–water partition coefficient (Wildman–Crippen LogP) is 2.40. The summed E-state index contributed by atoms with van der Waals surface area (Å²) >= 11 is 1.28. The lowest BCUT2D eigenvalue weighted by molar-refractivity contribution is 0.0390. The van der Waals surface area contributed by atoms with E-state index in [0.717, 1.165) is 13.1 Å². The summed E-state index contributed by atoms with van der Waals surface area (Å²) in [6, 6.07) is 5.93. The first kappa shape index (κ1) is 17.1. The number of hydrogen-bond acceptors (Lipinski definition) is 7. The van der Waals surface area contributed by atoms with Crippen molar-refractivity contribution in [2.75, 3.05) is 44.3 Å². The van der Waals surface area contributed by atoms with E-state index in [4.69, 9.17) is 9.26 Å². The number of hydrogen-bond donors (Lipinski definition) is 0. The average molecular weight is 376 g/mol. The molecule has 0 unspecified atom stereocenters. The number of morpholine rings is 1. The maximum Gasteiger partial charge on any atom is 0.298 e. The molecule has 0 atom stereocenters. The minimum Gasteiger partial charge on any atom is -0.379 e. The number of amides is 1. The number of benzene rings is 1. The molecule has 1 fully saturated rings. The highest BCUT2D eigenvalue weighted by molar-refractivity contribution is 7.22. The molecule has 1 aliphatic heterocycles. The van der Waals surface area contributed by atoms with Crippen LogP contribution < -0.4 is 4.90 Å². The summed E-state index contributed by atoms with van der Waals surface area (Å²) in [6.07, 6.45) is 1.43. The summed E-state index contributed by atoms with van der Waals surface area (Å²) in [5.41, 5.74) is 0.660. The summed E-state index contributed by atoms with van der Waals surface area (Å²) in [4.78, 5) is 21.2. The van der Waals surface area contributed by atoms with E-state index in [1.807, 2.05) is 0 Å². The van der Waals surface area contributed by atoms with Gasteiger partial charge < -0.3 is 9.26 Å². The molecule has 0 spiro atoms. The molecule has 2 aromatic heterocycles. The second kappa shape index (κ2) is 7.48. The van der Waals surface area contributed by atoms with Gasteiger partial charge >= 0.3 is 0 Å². The summed E-state index contributed by atoms with van der Waals surface area (Å²) in [7, 11) is 0. The second-order valence-electron chi connectivity index (χ2n) is 5.90. The van der Waals surface area contributed by atoms with Crippen LogP contribution in [0.5, 0.6) is 0 Å². The first-order valence-corrected chi connectivity index (χ1v) is 9.11. The first-order chi connectivity index (χ1) is 12.7. The topological polar surface area (TPSA) is 71.7 Å². The number of fused-ring (bicyclic) bond motifs is 1. The summed E-state index contributed by atoms with van der Waals surface area (Å²) in [5.74, 6) is -0.484. The van der Waals surface area contributed by atoms with Crippen LogP contribution in [0.1, 0.15) is 10.6 Å². The van der Waals surface area contributed by atoms with Gasteiger partial charge in [0.1, 0.15) is 5.82 Å². The highest BCUT2D eigenvalue weighted by atomic mass is 32.1. The zero-order valence-electron chi connectivity index (χ0n) is 13.9. The van der Waals surface area contributed by atoms with Crippen molar-refractivity contribution in [3.63, 3.8) is 0 Å². The van der Waals surface area contributed by atoms with Gasteiger partial charge in [-0.3, -0.25) is 14.6 Å². The fraction of sp³-hybridized carbons (Fsp3) is 0.353. The molecule has 0 radical (unpaired) electrons. The van der Waals surface area contributed by atoms with Crippen molar-refractivity contribution < 1.29 is 18.4 Å². The lowest BCUT2D eigenvalue weighted by Gasteiger charge is -2.28. The number of carbonyl (C=O) groups excluding carboxylic acids is 1. The van der Waals surface area contributed by atoms with Crippen molar-refractivity contribution in [3.05, 3.63) is 42.0 Å². The SMILES string of the molecule is O=C(c1ccno1)N(CCN1CCOCC1)c1nc2ccc(F)cc2s1. The van der Waals surface area contributed by atoms with Crippen LogP contribution in [0.4, 0.5) is 9.52 Å². The zero-order valence-corrected chi connectivity index (χ0v) is 14.7. The van der Waals surface area contributed by atoms with Gasteiger partial charge in [-0.1, -0.05) is 16.5 Å². The van der Waals surface area contributed by atoms with E-state index >= 15 is 0 Å². The van der Waals surface area contributed by atoms with Gasteiger partial charge in [-0.05, 0) is 18.2 Å². The summed E-state index contributed by atoms with van der Waals surface area (Å²) in [5, 5.41) is 4.12. The quantitative estimate of drug-likeness (QED) is 0.681. The number of rotatable bonds is 5. The number of aromatic nitrogens is 2. The van der Waals surface area contributed by atoms with E-state index in [1.54, 1.807) is 11.0 Å².